The normalized spacial score (nSPS) is 11.9. The van der Waals surface area contributed by atoms with Crippen molar-refractivity contribution in [2.75, 3.05) is 11.9 Å². The van der Waals surface area contributed by atoms with Gasteiger partial charge in [-0.1, -0.05) is 66.2 Å². The van der Waals surface area contributed by atoms with Gasteiger partial charge in [-0.05, 0) is 54.0 Å². The summed E-state index contributed by atoms with van der Waals surface area (Å²) in [7, 11) is 0. The van der Waals surface area contributed by atoms with Crippen LogP contribution in [0.2, 0.25) is 5.02 Å². The maximum Gasteiger partial charge on any atom is 0.170 e. The van der Waals surface area contributed by atoms with Crippen molar-refractivity contribution in [3.63, 3.8) is 0 Å². The van der Waals surface area contributed by atoms with Crippen LogP contribution in [0.3, 0.4) is 0 Å². The molecule has 0 fully saturated rings. The second-order valence-electron chi connectivity index (χ2n) is 7.00. The highest BCUT2D eigenvalue weighted by Crippen LogP contribution is 2.30. The molecule has 1 aromatic heterocycles. The number of benzene rings is 3. The fourth-order valence-electron chi connectivity index (χ4n) is 3.58. The lowest BCUT2D eigenvalue weighted by molar-refractivity contribution is 0.766. The summed E-state index contributed by atoms with van der Waals surface area (Å²) in [5.41, 5.74) is 5.53. The lowest BCUT2D eigenvalue weighted by Crippen LogP contribution is -2.32. The molecular formula is C24H22ClN3S. The number of para-hydroxylation sites is 1. The number of thiocarbonyl (C=S) groups is 1. The molecule has 0 amide bonds. The number of fused-ring (bicyclic) bond motifs is 1. The van der Waals surface area contributed by atoms with Crippen molar-refractivity contribution in [1.82, 2.24) is 10.3 Å². The van der Waals surface area contributed by atoms with Crippen molar-refractivity contribution in [3.05, 3.63) is 101 Å². The summed E-state index contributed by atoms with van der Waals surface area (Å²) in [5.74, 6) is 0.160. The predicted octanol–water partition coefficient (Wildman–Crippen LogP) is 6.25. The Balaban J connectivity index is 1.56. The summed E-state index contributed by atoms with van der Waals surface area (Å²) in [4.78, 5) is 3.39. The number of aromatic amines is 1. The fraction of sp³-hybridized carbons (Fsp3) is 0.125. The van der Waals surface area contributed by atoms with E-state index in [0.29, 0.717) is 11.7 Å². The topological polar surface area (TPSA) is 39.8 Å². The monoisotopic (exact) mass is 419 g/mol. The number of rotatable bonds is 5. The second-order valence-corrected chi connectivity index (χ2v) is 7.82. The first-order valence-electron chi connectivity index (χ1n) is 9.54. The summed E-state index contributed by atoms with van der Waals surface area (Å²) in [6.45, 7) is 2.66. The molecule has 0 saturated carbocycles. The molecule has 4 rings (SSSR count). The third-order valence-electron chi connectivity index (χ3n) is 5.18. The third kappa shape index (κ3) is 4.29. The van der Waals surface area contributed by atoms with E-state index in [-0.39, 0.29) is 5.92 Å². The Kier molecular flexibility index (Phi) is 5.84. The molecule has 0 spiro atoms. The van der Waals surface area contributed by atoms with Crippen molar-refractivity contribution < 1.29 is 0 Å². The molecule has 0 aliphatic carbocycles. The number of anilines is 1. The minimum absolute atomic E-state index is 0.160. The summed E-state index contributed by atoms with van der Waals surface area (Å²) >= 11 is 11.8. The molecule has 3 aromatic carbocycles. The quantitative estimate of drug-likeness (QED) is 0.335. The predicted molar refractivity (Wildman–Crippen MR) is 127 cm³/mol. The number of halogens is 1. The van der Waals surface area contributed by atoms with Crippen molar-refractivity contribution in [3.8, 4) is 0 Å². The summed E-state index contributed by atoms with van der Waals surface area (Å²) in [6.07, 6.45) is 2.10. The number of hydrogen-bond donors (Lipinski definition) is 3. The Morgan fingerprint density at radius 2 is 1.76 bits per heavy atom. The Morgan fingerprint density at radius 3 is 2.59 bits per heavy atom. The van der Waals surface area contributed by atoms with Crippen LogP contribution in [0.1, 0.15) is 22.6 Å². The number of hydrogen-bond acceptors (Lipinski definition) is 1. The molecule has 1 atom stereocenters. The van der Waals surface area contributed by atoms with E-state index >= 15 is 0 Å². The zero-order valence-electron chi connectivity index (χ0n) is 16.1. The zero-order chi connectivity index (χ0) is 20.2. The summed E-state index contributed by atoms with van der Waals surface area (Å²) in [5, 5.41) is 9.19. The molecule has 1 heterocycles. The third-order valence-corrected chi connectivity index (χ3v) is 5.84. The Morgan fingerprint density at radius 1 is 1.00 bits per heavy atom. The molecule has 3 N–H and O–H groups in total. The van der Waals surface area contributed by atoms with E-state index in [9.17, 15) is 0 Å². The van der Waals surface area contributed by atoms with Crippen LogP contribution >= 0.6 is 23.8 Å². The van der Waals surface area contributed by atoms with Gasteiger partial charge >= 0.3 is 0 Å². The van der Waals surface area contributed by atoms with Crippen LogP contribution in [0.15, 0.2) is 79.0 Å². The molecule has 0 aliphatic rings. The van der Waals surface area contributed by atoms with E-state index in [1.165, 1.54) is 16.5 Å². The number of H-pyrrole nitrogens is 1. The van der Waals surface area contributed by atoms with Gasteiger partial charge in [0.15, 0.2) is 5.11 Å². The maximum absolute atomic E-state index is 6.22. The fourth-order valence-corrected chi connectivity index (χ4v) is 3.95. The molecule has 0 aliphatic heterocycles. The van der Waals surface area contributed by atoms with Gasteiger partial charge in [0.2, 0.25) is 0 Å². The van der Waals surface area contributed by atoms with E-state index < -0.39 is 0 Å². The van der Waals surface area contributed by atoms with Crippen LogP contribution in [-0.2, 0) is 0 Å². The van der Waals surface area contributed by atoms with Crippen LogP contribution in [0.25, 0.3) is 10.9 Å². The van der Waals surface area contributed by atoms with Crippen molar-refractivity contribution in [2.24, 2.45) is 0 Å². The van der Waals surface area contributed by atoms with Crippen LogP contribution in [0.5, 0.6) is 0 Å². The van der Waals surface area contributed by atoms with E-state index in [0.717, 1.165) is 21.8 Å². The van der Waals surface area contributed by atoms with Gasteiger partial charge < -0.3 is 15.6 Å². The molecule has 4 aromatic rings. The highest BCUT2D eigenvalue weighted by atomic mass is 35.5. The molecule has 3 nitrogen and oxygen atoms in total. The van der Waals surface area contributed by atoms with E-state index in [2.05, 4.69) is 64.3 Å². The van der Waals surface area contributed by atoms with Gasteiger partial charge in [-0.2, -0.15) is 0 Å². The average Bonchev–Trinajstić information content (AvgIpc) is 3.16. The van der Waals surface area contributed by atoms with E-state index in [4.69, 9.17) is 23.8 Å². The molecular weight excluding hydrogens is 398 g/mol. The lowest BCUT2D eigenvalue weighted by Gasteiger charge is -2.20. The van der Waals surface area contributed by atoms with Gasteiger partial charge in [0, 0.05) is 40.3 Å². The molecule has 0 bridgehead atoms. The molecule has 146 valence electrons. The SMILES string of the molecule is Cc1c(Cl)cccc1NC(=S)NCC(c1ccccc1)c1c[nH]c2ccccc12. The van der Waals surface area contributed by atoms with E-state index in [1.807, 2.05) is 37.3 Å². The van der Waals surface area contributed by atoms with Crippen LogP contribution in [-0.4, -0.2) is 16.6 Å². The minimum atomic E-state index is 0.160. The Labute approximate surface area is 181 Å². The first-order valence-corrected chi connectivity index (χ1v) is 10.3. The van der Waals surface area contributed by atoms with Gasteiger partial charge in [-0.25, -0.2) is 0 Å². The molecule has 1 unspecified atom stereocenters. The highest BCUT2D eigenvalue weighted by Gasteiger charge is 2.18. The maximum atomic E-state index is 6.22. The molecule has 0 saturated heterocycles. The summed E-state index contributed by atoms with van der Waals surface area (Å²) < 4.78 is 0. The zero-order valence-corrected chi connectivity index (χ0v) is 17.6. The first-order chi connectivity index (χ1) is 14.1. The average molecular weight is 420 g/mol. The smallest absolute Gasteiger partial charge is 0.170 e. The van der Waals surface area contributed by atoms with Crippen LogP contribution in [0, 0.1) is 6.92 Å². The van der Waals surface area contributed by atoms with Crippen LogP contribution in [0.4, 0.5) is 5.69 Å². The van der Waals surface area contributed by atoms with Gasteiger partial charge in [0.25, 0.3) is 0 Å². The minimum Gasteiger partial charge on any atom is -0.361 e. The Bertz CT molecular complexity index is 1140. The van der Waals surface area contributed by atoms with Gasteiger partial charge in [-0.3, -0.25) is 0 Å². The first kappa shape index (κ1) is 19.5. The standard InChI is InChI=1S/C24H22ClN3S/c1-16-21(25)11-7-13-22(16)28-24(29)27-14-19(17-8-3-2-4-9-17)20-15-26-23-12-6-5-10-18(20)23/h2-13,15,19,26H,14H2,1H3,(H2,27,28,29). The largest absolute Gasteiger partial charge is 0.361 e. The summed E-state index contributed by atoms with van der Waals surface area (Å²) in [6, 6.07) is 24.6. The second kappa shape index (κ2) is 8.68. The van der Waals surface area contributed by atoms with E-state index in [1.54, 1.807) is 0 Å². The molecule has 0 radical (unpaired) electrons. The van der Waals surface area contributed by atoms with Crippen molar-refractivity contribution in [2.45, 2.75) is 12.8 Å². The Hall–Kier alpha value is -2.82. The van der Waals surface area contributed by atoms with Crippen molar-refractivity contribution in [1.29, 1.82) is 0 Å². The van der Waals surface area contributed by atoms with Gasteiger partial charge in [-0.15, -0.1) is 0 Å². The highest BCUT2D eigenvalue weighted by molar-refractivity contribution is 7.80. The molecule has 29 heavy (non-hydrogen) atoms. The van der Waals surface area contributed by atoms with Crippen molar-refractivity contribution >= 4 is 45.5 Å². The van der Waals surface area contributed by atoms with Gasteiger partial charge in [0.05, 0.1) is 0 Å². The van der Waals surface area contributed by atoms with Gasteiger partial charge in [0.1, 0.15) is 0 Å². The number of nitrogens with one attached hydrogen (secondary N) is 3. The number of aromatic nitrogens is 1. The lowest BCUT2D eigenvalue weighted by atomic mass is 9.91. The van der Waals surface area contributed by atoms with Crippen LogP contribution < -0.4 is 10.6 Å². The molecule has 5 heteroatoms.